The molecule has 2 aromatic carbocycles. The average molecular weight is 437 g/mol. The molecule has 3 saturated heterocycles. The number of aryl methyl sites for hydroxylation is 1. The summed E-state index contributed by atoms with van der Waals surface area (Å²) in [6.07, 6.45) is 6.64. The zero-order chi connectivity index (χ0) is 21.9. The van der Waals surface area contributed by atoms with Crippen LogP contribution >= 0.6 is 0 Å². The molecule has 2 aromatic rings. The number of nitrogens with zero attached hydrogens (tertiary/aromatic N) is 2. The minimum Gasteiger partial charge on any atom is -0.369 e. The normalized spacial score (nSPS) is 38.9. The highest BCUT2D eigenvalue weighted by Gasteiger charge is 2.71. The van der Waals surface area contributed by atoms with Gasteiger partial charge < -0.3 is 9.64 Å². The number of benzene rings is 2. The van der Waals surface area contributed by atoms with E-state index in [-0.39, 0.29) is 23.5 Å². The van der Waals surface area contributed by atoms with Crippen molar-refractivity contribution in [1.29, 1.82) is 0 Å². The molecular weight excluding hydrogens is 408 g/mol. The van der Waals surface area contributed by atoms with E-state index in [0.29, 0.717) is 24.5 Å². The minimum atomic E-state index is -0.141. The molecule has 6 aliphatic rings. The van der Waals surface area contributed by atoms with Crippen molar-refractivity contribution in [2.75, 3.05) is 24.6 Å². The molecule has 1 spiro atoms. The largest absolute Gasteiger partial charge is 0.369 e. The predicted molar refractivity (Wildman–Crippen MR) is 128 cm³/mol. The summed E-state index contributed by atoms with van der Waals surface area (Å²) in [6, 6.07) is 18.0. The molecule has 5 heterocycles. The highest BCUT2D eigenvalue weighted by atomic mass is 16.5. The molecule has 0 unspecified atom stereocenters. The van der Waals surface area contributed by atoms with Gasteiger partial charge in [0.1, 0.15) is 0 Å². The van der Waals surface area contributed by atoms with Crippen LogP contribution in [-0.2, 0) is 14.9 Å². The Balaban J connectivity index is 1.38. The van der Waals surface area contributed by atoms with Crippen molar-refractivity contribution >= 4 is 17.7 Å². The Morgan fingerprint density at radius 2 is 1.97 bits per heavy atom. The molecule has 4 heteroatoms. The molecule has 5 aliphatic heterocycles. The van der Waals surface area contributed by atoms with Crippen molar-refractivity contribution in [2.24, 2.45) is 11.8 Å². The number of carbonyl (C=O) groups excluding carboxylic acids is 1. The number of fused-ring (bicyclic) bond motifs is 2. The van der Waals surface area contributed by atoms with Gasteiger partial charge in [0.05, 0.1) is 18.8 Å². The van der Waals surface area contributed by atoms with Crippen LogP contribution in [0.4, 0.5) is 5.69 Å². The van der Waals surface area contributed by atoms with Crippen LogP contribution in [0.3, 0.4) is 0 Å². The molecule has 2 bridgehead atoms. The van der Waals surface area contributed by atoms with E-state index in [1.54, 1.807) is 5.57 Å². The standard InChI is InChI=1S/C29H28N2O2/c1-17-6-8-18(9-7-17)14-21-26-25-20-15-24-29(11-12-30(24)16-19(20)10-13-33-26)22-4-2-3-5-23(22)31(27(25)29)28(21)32/h2-10,14,20,24-27H,11-13,15-16H2,1H3/t20-,24-,25-,26-,27-,29+/m0/s1. The SMILES string of the molecule is Cc1ccc(C=C2C(=O)N3c4ccccc4[C@@]45CCN6CC7=CCO[C@@H]2[C@@H]([C@H]34)[C@H]7C[C@H]65)cc1. The molecule has 1 amide bonds. The maximum absolute atomic E-state index is 14.3. The van der Waals surface area contributed by atoms with E-state index in [1.807, 2.05) is 0 Å². The molecule has 166 valence electrons. The summed E-state index contributed by atoms with van der Waals surface area (Å²) in [5.74, 6) is 0.964. The smallest absolute Gasteiger partial charge is 0.257 e. The summed E-state index contributed by atoms with van der Waals surface area (Å²) in [4.78, 5) is 19.2. The first-order valence-corrected chi connectivity index (χ1v) is 12.4. The summed E-state index contributed by atoms with van der Waals surface area (Å²) in [5, 5.41) is 0. The number of hydrogen-bond acceptors (Lipinski definition) is 3. The van der Waals surface area contributed by atoms with Gasteiger partial charge in [-0.3, -0.25) is 9.69 Å². The maximum Gasteiger partial charge on any atom is 0.257 e. The number of para-hydroxylation sites is 1. The number of rotatable bonds is 1. The Morgan fingerprint density at radius 3 is 2.85 bits per heavy atom. The fraction of sp³-hybridized carbons (Fsp3) is 0.414. The van der Waals surface area contributed by atoms with Gasteiger partial charge in [0, 0.05) is 35.2 Å². The summed E-state index contributed by atoms with van der Waals surface area (Å²) in [6.45, 7) is 4.91. The lowest BCUT2D eigenvalue weighted by atomic mass is 9.53. The zero-order valence-electron chi connectivity index (χ0n) is 18.9. The van der Waals surface area contributed by atoms with Gasteiger partial charge >= 0.3 is 0 Å². The molecule has 0 N–H and O–H groups in total. The zero-order valence-corrected chi connectivity index (χ0v) is 18.9. The van der Waals surface area contributed by atoms with Crippen molar-refractivity contribution in [2.45, 2.75) is 43.4 Å². The predicted octanol–water partition coefficient (Wildman–Crippen LogP) is 4.09. The third-order valence-electron chi connectivity index (χ3n) is 9.63. The highest BCUT2D eigenvalue weighted by molar-refractivity contribution is 6.12. The maximum atomic E-state index is 14.3. The molecule has 1 saturated carbocycles. The third-order valence-corrected chi connectivity index (χ3v) is 9.63. The first-order chi connectivity index (χ1) is 16.2. The summed E-state index contributed by atoms with van der Waals surface area (Å²) in [5.41, 5.74) is 7.28. The van der Waals surface area contributed by atoms with E-state index in [1.165, 1.54) is 17.5 Å². The van der Waals surface area contributed by atoms with E-state index >= 15 is 0 Å². The number of hydrogen-bond donors (Lipinski definition) is 0. The van der Waals surface area contributed by atoms with Gasteiger partial charge in [-0.2, -0.15) is 0 Å². The van der Waals surface area contributed by atoms with Gasteiger partial charge in [-0.05, 0) is 55.5 Å². The van der Waals surface area contributed by atoms with Crippen molar-refractivity contribution in [3.8, 4) is 0 Å². The second-order valence-electron chi connectivity index (χ2n) is 10.9. The van der Waals surface area contributed by atoms with Crippen LogP contribution in [0.2, 0.25) is 0 Å². The molecule has 0 radical (unpaired) electrons. The van der Waals surface area contributed by atoms with Crippen LogP contribution in [0, 0.1) is 18.8 Å². The van der Waals surface area contributed by atoms with E-state index < -0.39 is 0 Å². The van der Waals surface area contributed by atoms with Crippen LogP contribution in [0.25, 0.3) is 6.08 Å². The van der Waals surface area contributed by atoms with Crippen LogP contribution in [-0.4, -0.2) is 48.7 Å². The molecule has 0 aromatic heterocycles. The average Bonchev–Trinajstić information content (AvgIpc) is 3.29. The van der Waals surface area contributed by atoms with Crippen LogP contribution in [0.1, 0.15) is 29.5 Å². The Bertz CT molecular complexity index is 1260. The Hall–Kier alpha value is -2.69. The van der Waals surface area contributed by atoms with Gasteiger partial charge in [-0.15, -0.1) is 0 Å². The molecule has 1 aliphatic carbocycles. The van der Waals surface area contributed by atoms with Crippen LogP contribution in [0.5, 0.6) is 0 Å². The van der Waals surface area contributed by atoms with E-state index in [2.05, 4.69) is 77.4 Å². The first kappa shape index (κ1) is 18.7. The Morgan fingerprint density at radius 1 is 1.12 bits per heavy atom. The van der Waals surface area contributed by atoms with Crippen molar-refractivity contribution in [3.05, 3.63) is 82.4 Å². The Kier molecular flexibility index (Phi) is 3.54. The number of amides is 1. The van der Waals surface area contributed by atoms with Crippen molar-refractivity contribution in [1.82, 2.24) is 4.90 Å². The lowest BCUT2D eigenvalue weighted by Crippen LogP contribution is -2.69. The molecule has 4 nitrogen and oxygen atoms in total. The minimum absolute atomic E-state index is 0.0420. The molecule has 4 fully saturated rings. The Labute approximate surface area is 194 Å². The van der Waals surface area contributed by atoms with Crippen molar-refractivity contribution < 1.29 is 9.53 Å². The molecule has 6 atom stereocenters. The second kappa shape index (κ2) is 6.25. The fourth-order valence-electron chi connectivity index (χ4n) is 8.43. The number of ether oxygens (including phenoxy) is 1. The number of anilines is 1. The summed E-state index contributed by atoms with van der Waals surface area (Å²) in [7, 11) is 0. The summed E-state index contributed by atoms with van der Waals surface area (Å²) < 4.78 is 6.59. The first-order valence-electron chi connectivity index (χ1n) is 12.4. The second-order valence-corrected chi connectivity index (χ2v) is 10.9. The quantitative estimate of drug-likeness (QED) is 0.499. The molecule has 33 heavy (non-hydrogen) atoms. The summed E-state index contributed by atoms with van der Waals surface area (Å²) >= 11 is 0. The van der Waals surface area contributed by atoms with Gasteiger partial charge in [0.15, 0.2) is 0 Å². The lowest BCUT2D eigenvalue weighted by molar-refractivity contribution is -0.123. The molecular formula is C29H28N2O2. The highest BCUT2D eigenvalue weighted by Crippen LogP contribution is 2.66. The van der Waals surface area contributed by atoms with E-state index in [4.69, 9.17) is 4.74 Å². The third kappa shape index (κ3) is 2.17. The van der Waals surface area contributed by atoms with Gasteiger partial charge in [0.25, 0.3) is 5.91 Å². The fourth-order valence-corrected chi connectivity index (χ4v) is 8.43. The van der Waals surface area contributed by atoms with Crippen LogP contribution in [0.15, 0.2) is 65.8 Å². The lowest BCUT2D eigenvalue weighted by Gasteiger charge is -2.59. The van der Waals surface area contributed by atoms with Crippen LogP contribution < -0.4 is 4.90 Å². The topological polar surface area (TPSA) is 32.8 Å². The number of carbonyl (C=O) groups is 1. The van der Waals surface area contributed by atoms with E-state index in [0.717, 1.165) is 36.3 Å². The van der Waals surface area contributed by atoms with Gasteiger partial charge in [0.2, 0.25) is 0 Å². The van der Waals surface area contributed by atoms with E-state index in [9.17, 15) is 4.79 Å². The monoisotopic (exact) mass is 436 g/mol. The number of piperidine rings is 2. The van der Waals surface area contributed by atoms with Gasteiger partial charge in [-0.1, -0.05) is 59.7 Å². The van der Waals surface area contributed by atoms with Gasteiger partial charge in [-0.25, -0.2) is 0 Å². The van der Waals surface area contributed by atoms with Crippen molar-refractivity contribution in [3.63, 3.8) is 0 Å². The molecule has 8 rings (SSSR count).